The highest BCUT2D eigenvalue weighted by atomic mass is 16.6. The highest BCUT2D eigenvalue weighted by Gasteiger charge is 2.43. The summed E-state index contributed by atoms with van der Waals surface area (Å²) in [6.07, 6.45) is 8.24. The summed E-state index contributed by atoms with van der Waals surface area (Å²) in [5, 5.41) is 7.06. The Morgan fingerprint density at radius 1 is 1.38 bits per heavy atom. The number of nitrogens with zero attached hydrogens (tertiary/aromatic N) is 2. The van der Waals surface area contributed by atoms with Crippen molar-refractivity contribution >= 4 is 0 Å². The number of nitrogens with one attached hydrogen (secondary N) is 1. The molecule has 1 atom stereocenters. The van der Waals surface area contributed by atoms with E-state index in [1.54, 1.807) is 0 Å². The Morgan fingerprint density at radius 2 is 2.24 bits per heavy atom. The van der Waals surface area contributed by atoms with Crippen molar-refractivity contribution in [1.29, 1.82) is 0 Å². The van der Waals surface area contributed by atoms with Crippen molar-refractivity contribution in [2.45, 2.75) is 50.4 Å². The number of hydrogen-bond acceptors (Lipinski definition) is 4. The molecule has 2 saturated heterocycles. The van der Waals surface area contributed by atoms with Gasteiger partial charge in [0.05, 0.1) is 18.3 Å². The molecule has 5 heteroatoms. The summed E-state index contributed by atoms with van der Waals surface area (Å²) in [7, 11) is 0. The second-order valence-corrected chi connectivity index (χ2v) is 6.95. The van der Waals surface area contributed by atoms with E-state index in [-0.39, 0.29) is 5.60 Å². The first-order chi connectivity index (χ1) is 10.3. The SMILES string of the molecule is c1cc(CN2CCC3(CC2)CC(OCC2CC2)CO3)[nH]n1. The number of aromatic amines is 1. The van der Waals surface area contributed by atoms with Gasteiger partial charge in [-0.1, -0.05) is 0 Å². The number of likely N-dealkylation sites (tertiary alicyclic amines) is 1. The fourth-order valence-corrected chi connectivity index (χ4v) is 3.55. The monoisotopic (exact) mass is 291 g/mol. The molecule has 1 N–H and O–H groups in total. The van der Waals surface area contributed by atoms with Crippen molar-refractivity contribution in [3.05, 3.63) is 18.0 Å². The zero-order valence-corrected chi connectivity index (χ0v) is 12.6. The van der Waals surface area contributed by atoms with Crippen LogP contribution in [0.4, 0.5) is 0 Å². The highest BCUT2D eigenvalue weighted by molar-refractivity contribution is 5.00. The van der Waals surface area contributed by atoms with E-state index >= 15 is 0 Å². The lowest BCUT2D eigenvalue weighted by atomic mass is 9.88. The second-order valence-electron chi connectivity index (χ2n) is 6.95. The Balaban J connectivity index is 1.24. The quantitative estimate of drug-likeness (QED) is 0.901. The number of rotatable bonds is 5. The molecule has 0 bridgehead atoms. The average molecular weight is 291 g/mol. The maximum atomic E-state index is 6.16. The Bertz CT molecular complexity index is 450. The number of aromatic nitrogens is 2. The van der Waals surface area contributed by atoms with Gasteiger partial charge >= 0.3 is 0 Å². The highest BCUT2D eigenvalue weighted by Crippen LogP contribution is 2.38. The van der Waals surface area contributed by atoms with Gasteiger partial charge in [-0.3, -0.25) is 10.00 Å². The number of hydrogen-bond donors (Lipinski definition) is 1. The molecule has 1 aromatic heterocycles. The normalized spacial score (nSPS) is 29.2. The van der Waals surface area contributed by atoms with Gasteiger partial charge in [-0.2, -0.15) is 5.10 Å². The lowest BCUT2D eigenvalue weighted by molar-refractivity contribution is -0.0468. The lowest BCUT2D eigenvalue weighted by Crippen LogP contribution is -2.44. The Kier molecular flexibility index (Phi) is 3.73. The average Bonchev–Trinajstić information content (AvgIpc) is 3.04. The van der Waals surface area contributed by atoms with Gasteiger partial charge in [0.2, 0.25) is 0 Å². The fourth-order valence-electron chi connectivity index (χ4n) is 3.55. The molecule has 1 unspecified atom stereocenters. The van der Waals surface area contributed by atoms with E-state index in [2.05, 4.69) is 21.2 Å². The van der Waals surface area contributed by atoms with E-state index in [1.165, 1.54) is 18.5 Å². The lowest BCUT2D eigenvalue weighted by Gasteiger charge is -2.38. The van der Waals surface area contributed by atoms with Crippen LogP contribution in [0, 0.1) is 5.92 Å². The van der Waals surface area contributed by atoms with Crippen molar-refractivity contribution in [2.24, 2.45) is 5.92 Å². The molecule has 21 heavy (non-hydrogen) atoms. The molecule has 1 aliphatic carbocycles. The molecule has 3 aliphatic rings. The van der Waals surface area contributed by atoms with Gasteiger partial charge in [0.1, 0.15) is 0 Å². The summed E-state index contributed by atoms with van der Waals surface area (Å²) < 4.78 is 12.2. The fraction of sp³-hybridized carbons (Fsp3) is 0.812. The van der Waals surface area contributed by atoms with Crippen molar-refractivity contribution in [2.75, 3.05) is 26.3 Å². The van der Waals surface area contributed by atoms with Crippen LogP contribution in [-0.2, 0) is 16.0 Å². The molecule has 4 rings (SSSR count). The smallest absolute Gasteiger partial charge is 0.0836 e. The van der Waals surface area contributed by atoms with E-state index in [4.69, 9.17) is 9.47 Å². The zero-order chi connectivity index (χ0) is 14.1. The predicted octanol–water partition coefficient (Wildman–Crippen LogP) is 1.96. The summed E-state index contributed by atoms with van der Waals surface area (Å²) in [5.41, 5.74) is 1.29. The summed E-state index contributed by atoms with van der Waals surface area (Å²) in [6.45, 7) is 4.93. The number of H-pyrrole nitrogens is 1. The standard InChI is InChI=1S/C16H25N3O2/c1-2-13(1)11-20-15-9-16(21-12-15)4-7-19(8-5-16)10-14-3-6-17-18-14/h3,6,13,15H,1-2,4-5,7-12H2,(H,17,18). The summed E-state index contributed by atoms with van der Waals surface area (Å²) >= 11 is 0. The third kappa shape index (κ3) is 3.30. The maximum Gasteiger partial charge on any atom is 0.0836 e. The van der Waals surface area contributed by atoms with Gasteiger partial charge in [-0.05, 0) is 37.7 Å². The Morgan fingerprint density at radius 3 is 2.95 bits per heavy atom. The first-order valence-corrected chi connectivity index (χ1v) is 8.28. The molecule has 1 saturated carbocycles. The van der Waals surface area contributed by atoms with Crippen LogP contribution >= 0.6 is 0 Å². The van der Waals surface area contributed by atoms with Gasteiger partial charge in [-0.15, -0.1) is 0 Å². The number of ether oxygens (including phenoxy) is 2. The minimum Gasteiger partial charge on any atom is -0.375 e. The van der Waals surface area contributed by atoms with E-state index in [0.717, 1.165) is 58.0 Å². The molecule has 1 spiro atoms. The van der Waals surface area contributed by atoms with Gasteiger partial charge in [0, 0.05) is 44.6 Å². The van der Waals surface area contributed by atoms with E-state index in [9.17, 15) is 0 Å². The molecular formula is C16H25N3O2. The minimum absolute atomic E-state index is 0.0959. The molecule has 5 nitrogen and oxygen atoms in total. The zero-order valence-electron chi connectivity index (χ0n) is 12.6. The predicted molar refractivity (Wildman–Crippen MR) is 78.9 cm³/mol. The van der Waals surface area contributed by atoms with Crippen LogP contribution in [-0.4, -0.2) is 53.1 Å². The maximum absolute atomic E-state index is 6.16. The van der Waals surface area contributed by atoms with Gasteiger partial charge in [0.15, 0.2) is 0 Å². The van der Waals surface area contributed by atoms with E-state index in [1.807, 2.05) is 6.20 Å². The molecular weight excluding hydrogens is 266 g/mol. The first kappa shape index (κ1) is 13.7. The molecule has 116 valence electrons. The van der Waals surface area contributed by atoms with Gasteiger partial charge in [-0.25, -0.2) is 0 Å². The molecule has 0 radical (unpaired) electrons. The van der Waals surface area contributed by atoms with Crippen LogP contribution in [0.5, 0.6) is 0 Å². The third-order valence-corrected chi connectivity index (χ3v) is 5.16. The Hall–Kier alpha value is -0.910. The minimum atomic E-state index is 0.0959. The summed E-state index contributed by atoms with van der Waals surface area (Å²) in [4.78, 5) is 2.49. The second kappa shape index (κ2) is 5.71. The first-order valence-electron chi connectivity index (χ1n) is 8.28. The summed E-state index contributed by atoms with van der Waals surface area (Å²) in [6, 6.07) is 2.05. The Labute approximate surface area is 126 Å². The van der Waals surface area contributed by atoms with Crippen LogP contribution in [0.25, 0.3) is 0 Å². The molecule has 3 heterocycles. The van der Waals surface area contributed by atoms with Gasteiger partial charge < -0.3 is 9.47 Å². The molecule has 0 amide bonds. The van der Waals surface area contributed by atoms with Crippen LogP contribution in [0.2, 0.25) is 0 Å². The third-order valence-electron chi connectivity index (χ3n) is 5.16. The van der Waals surface area contributed by atoms with Crippen molar-refractivity contribution in [1.82, 2.24) is 15.1 Å². The van der Waals surface area contributed by atoms with Crippen LogP contribution in [0.3, 0.4) is 0 Å². The molecule has 3 fully saturated rings. The summed E-state index contributed by atoms with van der Waals surface area (Å²) in [5.74, 6) is 0.845. The van der Waals surface area contributed by atoms with Crippen molar-refractivity contribution in [3.8, 4) is 0 Å². The van der Waals surface area contributed by atoms with Crippen molar-refractivity contribution in [3.63, 3.8) is 0 Å². The number of piperidine rings is 1. The van der Waals surface area contributed by atoms with Crippen LogP contribution in [0.15, 0.2) is 12.3 Å². The molecule has 2 aliphatic heterocycles. The van der Waals surface area contributed by atoms with Gasteiger partial charge in [0.25, 0.3) is 0 Å². The van der Waals surface area contributed by atoms with Crippen molar-refractivity contribution < 1.29 is 9.47 Å². The van der Waals surface area contributed by atoms with E-state index < -0.39 is 0 Å². The topological polar surface area (TPSA) is 50.4 Å². The molecule has 1 aromatic rings. The largest absolute Gasteiger partial charge is 0.375 e. The van der Waals surface area contributed by atoms with Crippen LogP contribution in [0.1, 0.15) is 37.8 Å². The van der Waals surface area contributed by atoms with Crippen LogP contribution < -0.4 is 0 Å². The molecule has 0 aromatic carbocycles. The van der Waals surface area contributed by atoms with E-state index in [0.29, 0.717) is 6.10 Å².